The van der Waals surface area contributed by atoms with E-state index in [1.54, 1.807) is 18.5 Å². The van der Waals surface area contributed by atoms with Crippen LogP contribution in [0.2, 0.25) is 5.02 Å². The van der Waals surface area contributed by atoms with E-state index in [-0.39, 0.29) is 6.61 Å². The quantitative estimate of drug-likeness (QED) is 0.686. The first kappa shape index (κ1) is 13.8. The summed E-state index contributed by atoms with van der Waals surface area (Å²) in [5.74, 6) is -0.478. The molecule has 98 valence electrons. The summed E-state index contributed by atoms with van der Waals surface area (Å²) in [5.41, 5.74) is 7.15. The predicted molar refractivity (Wildman–Crippen MR) is 76.9 cm³/mol. The topological polar surface area (TPSA) is 65.2 Å². The molecule has 0 fully saturated rings. The lowest BCUT2D eigenvalue weighted by molar-refractivity contribution is 0.0472. The molecule has 19 heavy (non-hydrogen) atoms. The second kappa shape index (κ2) is 6.04. The molecule has 2 N–H and O–H groups in total. The molecule has 0 aliphatic rings. The zero-order chi connectivity index (χ0) is 13.8. The van der Waals surface area contributed by atoms with Gasteiger partial charge in [-0.15, -0.1) is 0 Å². The van der Waals surface area contributed by atoms with Crippen molar-refractivity contribution in [3.8, 4) is 0 Å². The summed E-state index contributed by atoms with van der Waals surface area (Å²) in [5, 5.41) is 0.399. The first-order valence-corrected chi connectivity index (χ1v) is 6.54. The lowest BCUT2D eigenvalue weighted by Crippen LogP contribution is -2.06. The highest BCUT2D eigenvalue weighted by molar-refractivity contribution is 9.10. The van der Waals surface area contributed by atoms with Crippen LogP contribution < -0.4 is 5.73 Å². The minimum Gasteiger partial charge on any atom is -0.457 e. The minimum atomic E-state index is -0.478. The molecule has 0 unspecified atom stereocenters. The number of esters is 1. The van der Waals surface area contributed by atoms with Gasteiger partial charge in [-0.2, -0.15) is 0 Å². The predicted octanol–water partition coefficient (Wildman–Crippen LogP) is 3.44. The van der Waals surface area contributed by atoms with Crippen molar-refractivity contribution in [3.05, 3.63) is 57.3 Å². The molecule has 0 saturated heterocycles. The van der Waals surface area contributed by atoms with Crippen molar-refractivity contribution in [1.82, 2.24) is 4.98 Å². The van der Waals surface area contributed by atoms with Gasteiger partial charge in [0.05, 0.1) is 5.56 Å². The van der Waals surface area contributed by atoms with E-state index in [9.17, 15) is 4.79 Å². The third kappa shape index (κ3) is 3.94. The lowest BCUT2D eigenvalue weighted by Gasteiger charge is -2.06. The van der Waals surface area contributed by atoms with Crippen molar-refractivity contribution in [2.75, 3.05) is 5.73 Å². The van der Waals surface area contributed by atoms with E-state index in [0.29, 0.717) is 16.3 Å². The van der Waals surface area contributed by atoms with Gasteiger partial charge in [0.15, 0.2) is 0 Å². The molecule has 0 radical (unpaired) electrons. The number of ether oxygens (including phenoxy) is 1. The number of nitrogens with zero attached hydrogens (tertiary/aromatic N) is 1. The van der Waals surface area contributed by atoms with Crippen LogP contribution in [0.15, 0.2) is 41.1 Å². The molecule has 6 heteroatoms. The number of hydrogen-bond acceptors (Lipinski definition) is 4. The van der Waals surface area contributed by atoms with Crippen LogP contribution in [0, 0.1) is 0 Å². The van der Waals surface area contributed by atoms with Gasteiger partial charge in [-0.1, -0.05) is 11.6 Å². The largest absolute Gasteiger partial charge is 0.457 e. The second-order valence-corrected chi connectivity index (χ2v) is 5.21. The van der Waals surface area contributed by atoms with Gasteiger partial charge < -0.3 is 10.5 Å². The Morgan fingerprint density at radius 2 is 2.11 bits per heavy atom. The van der Waals surface area contributed by atoms with Crippen LogP contribution in [0.1, 0.15) is 15.9 Å². The Bertz CT molecular complexity index is 599. The Hall–Kier alpha value is -1.59. The zero-order valence-corrected chi connectivity index (χ0v) is 12.1. The third-order valence-corrected chi connectivity index (χ3v) is 2.94. The number of carbonyl (C=O) groups excluding carboxylic acids is 1. The molecule has 0 atom stereocenters. The molecular formula is C13H10BrClN2O2. The molecule has 0 amide bonds. The highest BCUT2D eigenvalue weighted by Crippen LogP contribution is 2.18. The van der Waals surface area contributed by atoms with Crippen LogP contribution in [0.3, 0.4) is 0 Å². The standard InChI is InChI=1S/C13H10BrClN2O2/c14-10-1-8(5-17-6-10)7-19-13(18)9-2-11(15)4-12(16)3-9/h1-6H,7,16H2. The van der Waals surface area contributed by atoms with Crippen molar-refractivity contribution >= 4 is 39.2 Å². The Kier molecular flexibility index (Phi) is 4.39. The molecule has 0 saturated carbocycles. The van der Waals surface area contributed by atoms with Crippen molar-refractivity contribution in [2.45, 2.75) is 6.61 Å². The van der Waals surface area contributed by atoms with Crippen LogP contribution in [-0.2, 0) is 11.3 Å². The average Bonchev–Trinajstić information content (AvgIpc) is 2.35. The van der Waals surface area contributed by atoms with Gasteiger partial charge in [0, 0.05) is 33.1 Å². The molecule has 0 aliphatic carbocycles. The maximum Gasteiger partial charge on any atom is 0.338 e. The number of nitrogen functional groups attached to an aromatic ring is 1. The van der Waals surface area contributed by atoms with E-state index in [0.717, 1.165) is 10.0 Å². The Morgan fingerprint density at radius 3 is 2.79 bits per heavy atom. The fourth-order valence-electron chi connectivity index (χ4n) is 1.50. The van der Waals surface area contributed by atoms with E-state index in [1.165, 1.54) is 12.1 Å². The molecule has 1 aromatic carbocycles. The minimum absolute atomic E-state index is 0.137. The van der Waals surface area contributed by atoms with Crippen molar-refractivity contribution in [2.24, 2.45) is 0 Å². The number of rotatable bonds is 3. The van der Waals surface area contributed by atoms with Crippen molar-refractivity contribution in [1.29, 1.82) is 0 Å². The molecule has 0 bridgehead atoms. The zero-order valence-electron chi connectivity index (χ0n) is 9.77. The van der Waals surface area contributed by atoms with Crippen molar-refractivity contribution < 1.29 is 9.53 Å². The summed E-state index contributed by atoms with van der Waals surface area (Å²) in [7, 11) is 0. The summed E-state index contributed by atoms with van der Waals surface area (Å²) >= 11 is 9.12. The highest BCUT2D eigenvalue weighted by atomic mass is 79.9. The lowest BCUT2D eigenvalue weighted by atomic mass is 10.2. The molecule has 1 aromatic heterocycles. The fourth-order valence-corrected chi connectivity index (χ4v) is 2.15. The van der Waals surface area contributed by atoms with Gasteiger partial charge in [-0.3, -0.25) is 4.98 Å². The second-order valence-electron chi connectivity index (χ2n) is 3.86. The molecule has 4 nitrogen and oxygen atoms in total. The summed E-state index contributed by atoms with van der Waals surface area (Å²) in [4.78, 5) is 15.8. The molecule has 1 heterocycles. The van der Waals surface area contributed by atoms with Crippen LogP contribution in [-0.4, -0.2) is 11.0 Å². The smallest absolute Gasteiger partial charge is 0.338 e. The van der Waals surface area contributed by atoms with Gasteiger partial charge in [0.1, 0.15) is 6.61 Å². The van der Waals surface area contributed by atoms with Crippen LogP contribution in [0.25, 0.3) is 0 Å². The maximum atomic E-state index is 11.8. The molecule has 2 aromatic rings. The molecular weight excluding hydrogens is 332 g/mol. The van der Waals surface area contributed by atoms with Crippen LogP contribution >= 0.6 is 27.5 Å². The summed E-state index contributed by atoms with van der Waals surface area (Å²) in [6.07, 6.45) is 3.29. The van der Waals surface area contributed by atoms with E-state index in [1.807, 2.05) is 6.07 Å². The van der Waals surface area contributed by atoms with Gasteiger partial charge >= 0.3 is 5.97 Å². The van der Waals surface area contributed by atoms with Gasteiger partial charge in [0.2, 0.25) is 0 Å². The van der Waals surface area contributed by atoms with Gasteiger partial charge in [-0.25, -0.2) is 4.79 Å². The number of hydrogen-bond donors (Lipinski definition) is 1. The third-order valence-electron chi connectivity index (χ3n) is 2.29. The Morgan fingerprint density at radius 1 is 1.32 bits per heavy atom. The number of anilines is 1. The van der Waals surface area contributed by atoms with E-state index < -0.39 is 5.97 Å². The maximum absolute atomic E-state index is 11.8. The fraction of sp³-hybridized carbons (Fsp3) is 0.0769. The van der Waals surface area contributed by atoms with Crippen molar-refractivity contribution in [3.63, 3.8) is 0 Å². The normalized spacial score (nSPS) is 10.2. The summed E-state index contributed by atoms with van der Waals surface area (Å²) in [6, 6.07) is 6.43. The first-order chi connectivity index (χ1) is 9.04. The van der Waals surface area contributed by atoms with E-state index in [2.05, 4.69) is 20.9 Å². The number of halogens is 2. The highest BCUT2D eigenvalue weighted by Gasteiger charge is 2.09. The monoisotopic (exact) mass is 340 g/mol. The van der Waals surface area contributed by atoms with Gasteiger partial charge in [-0.05, 0) is 40.2 Å². The van der Waals surface area contributed by atoms with Gasteiger partial charge in [0.25, 0.3) is 0 Å². The molecule has 2 rings (SSSR count). The Balaban J connectivity index is 2.05. The number of aromatic nitrogens is 1. The molecule has 0 spiro atoms. The number of carbonyl (C=O) groups is 1. The SMILES string of the molecule is Nc1cc(Cl)cc(C(=O)OCc2cncc(Br)c2)c1. The van der Waals surface area contributed by atoms with E-state index >= 15 is 0 Å². The first-order valence-electron chi connectivity index (χ1n) is 5.37. The number of benzene rings is 1. The molecule has 0 aliphatic heterocycles. The Labute approximate surface area is 123 Å². The van der Waals surface area contributed by atoms with E-state index in [4.69, 9.17) is 22.1 Å². The van der Waals surface area contributed by atoms with Crippen LogP contribution in [0.5, 0.6) is 0 Å². The average molecular weight is 342 g/mol. The number of pyridine rings is 1. The van der Waals surface area contributed by atoms with Crippen LogP contribution in [0.4, 0.5) is 5.69 Å². The summed E-state index contributed by atoms with van der Waals surface area (Å²) in [6.45, 7) is 0.137. The number of nitrogens with two attached hydrogens (primary N) is 1. The summed E-state index contributed by atoms with van der Waals surface area (Å²) < 4.78 is 5.99.